The van der Waals surface area contributed by atoms with Crippen LogP contribution in [0.2, 0.25) is 0 Å². The Morgan fingerprint density at radius 3 is 2.35 bits per heavy atom. The number of carbonyl (C=O) groups is 1. The fourth-order valence-electron chi connectivity index (χ4n) is 6.79. The van der Waals surface area contributed by atoms with Gasteiger partial charge in [0.2, 0.25) is 0 Å². The fraction of sp³-hybridized carbons (Fsp3) is 0.519. The molecule has 5 atom stereocenters. The summed E-state index contributed by atoms with van der Waals surface area (Å²) in [6, 6.07) is 19.2. The van der Waals surface area contributed by atoms with Gasteiger partial charge in [-0.25, -0.2) is 0 Å². The number of amides is 1. The molecule has 2 saturated carbocycles. The number of benzene rings is 2. The summed E-state index contributed by atoms with van der Waals surface area (Å²) in [6.45, 7) is 2.11. The minimum Gasteiger partial charge on any atom is -0.375 e. The molecule has 162 valence electrons. The van der Waals surface area contributed by atoms with Crippen molar-refractivity contribution < 1.29 is 9.90 Å². The lowest BCUT2D eigenvalue weighted by Gasteiger charge is -2.34. The van der Waals surface area contributed by atoms with Gasteiger partial charge in [-0.15, -0.1) is 0 Å². The Bertz CT molecular complexity index is 958. The van der Waals surface area contributed by atoms with E-state index >= 15 is 0 Å². The average Bonchev–Trinajstić information content (AvgIpc) is 3.33. The third-order valence-corrected chi connectivity index (χ3v) is 8.57. The molecule has 4 aliphatic rings. The number of aryl methyl sites for hydroxylation is 1. The van der Waals surface area contributed by atoms with Gasteiger partial charge in [0.1, 0.15) is 0 Å². The van der Waals surface area contributed by atoms with Gasteiger partial charge >= 0.3 is 0 Å². The van der Waals surface area contributed by atoms with Crippen molar-refractivity contribution in [1.29, 1.82) is 0 Å². The van der Waals surface area contributed by atoms with Crippen molar-refractivity contribution in [2.75, 3.05) is 13.1 Å². The molecule has 6 rings (SSSR count). The maximum absolute atomic E-state index is 13.5. The summed E-state index contributed by atoms with van der Waals surface area (Å²) in [4.78, 5) is 16.1. The van der Waals surface area contributed by atoms with Crippen LogP contribution in [0.25, 0.3) is 0 Å². The molecule has 1 aliphatic heterocycles. The summed E-state index contributed by atoms with van der Waals surface area (Å²) in [7, 11) is 0. The van der Waals surface area contributed by atoms with E-state index in [4.69, 9.17) is 0 Å². The van der Waals surface area contributed by atoms with Gasteiger partial charge in [-0.1, -0.05) is 67.4 Å². The molecule has 0 spiro atoms. The SMILES string of the molecule is O=C(NC1[C@H]2CN(C3CCc4ccccc43)C[C@@H]12)C(O)(c1ccccc1)C1CCCC1. The second-order valence-electron chi connectivity index (χ2n) is 10.1. The molecule has 1 heterocycles. The number of hydrogen-bond acceptors (Lipinski definition) is 3. The molecule has 4 heteroatoms. The van der Waals surface area contributed by atoms with Gasteiger partial charge in [-0.2, -0.15) is 0 Å². The first kappa shape index (κ1) is 19.5. The Hall–Kier alpha value is -2.17. The minimum atomic E-state index is -1.40. The summed E-state index contributed by atoms with van der Waals surface area (Å²) in [5.74, 6) is 0.892. The van der Waals surface area contributed by atoms with E-state index in [0.29, 0.717) is 17.9 Å². The van der Waals surface area contributed by atoms with Crippen LogP contribution in [0.4, 0.5) is 0 Å². The Balaban J connectivity index is 1.14. The van der Waals surface area contributed by atoms with E-state index < -0.39 is 5.60 Å². The van der Waals surface area contributed by atoms with E-state index in [1.165, 1.54) is 24.0 Å². The lowest BCUT2D eigenvalue weighted by molar-refractivity contribution is -0.147. The monoisotopic (exact) mass is 416 g/mol. The van der Waals surface area contributed by atoms with Gasteiger partial charge in [-0.3, -0.25) is 9.69 Å². The van der Waals surface area contributed by atoms with Crippen LogP contribution in [0.15, 0.2) is 54.6 Å². The van der Waals surface area contributed by atoms with Gasteiger partial charge in [0.15, 0.2) is 5.60 Å². The molecule has 1 saturated heterocycles. The molecule has 0 aromatic heterocycles. The second kappa shape index (κ2) is 7.46. The van der Waals surface area contributed by atoms with Crippen LogP contribution in [0.5, 0.6) is 0 Å². The minimum absolute atomic E-state index is 0.0139. The number of nitrogens with one attached hydrogen (secondary N) is 1. The first-order chi connectivity index (χ1) is 15.2. The number of likely N-dealkylation sites (tertiary alicyclic amines) is 1. The first-order valence-electron chi connectivity index (χ1n) is 12.1. The topological polar surface area (TPSA) is 52.6 Å². The number of nitrogens with zero attached hydrogens (tertiary/aromatic N) is 1. The van der Waals surface area contributed by atoms with Crippen LogP contribution in [0, 0.1) is 17.8 Å². The van der Waals surface area contributed by atoms with E-state index in [-0.39, 0.29) is 17.9 Å². The highest BCUT2D eigenvalue weighted by molar-refractivity contribution is 5.87. The summed E-state index contributed by atoms with van der Waals surface area (Å²) >= 11 is 0. The predicted octanol–water partition coefficient (Wildman–Crippen LogP) is 3.80. The smallest absolute Gasteiger partial charge is 0.257 e. The molecule has 2 N–H and O–H groups in total. The Morgan fingerprint density at radius 1 is 0.935 bits per heavy atom. The number of carbonyl (C=O) groups excluding carboxylic acids is 1. The van der Waals surface area contributed by atoms with Crippen molar-refractivity contribution in [1.82, 2.24) is 10.2 Å². The fourth-order valence-corrected chi connectivity index (χ4v) is 6.79. The van der Waals surface area contributed by atoms with Crippen LogP contribution in [-0.4, -0.2) is 35.0 Å². The summed E-state index contributed by atoms with van der Waals surface area (Å²) < 4.78 is 0. The molecule has 2 aromatic rings. The molecule has 31 heavy (non-hydrogen) atoms. The number of aliphatic hydroxyl groups is 1. The van der Waals surface area contributed by atoms with Crippen LogP contribution in [0.3, 0.4) is 0 Å². The second-order valence-corrected chi connectivity index (χ2v) is 10.1. The van der Waals surface area contributed by atoms with Crippen LogP contribution in [-0.2, 0) is 16.8 Å². The molecule has 1 amide bonds. The predicted molar refractivity (Wildman–Crippen MR) is 120 cm³/mol. The third kappa shape index (κ3) is 3.15. The lowest BCUT2D eigenvalue weighted by Crippen LogP contribution is -2.51. The average molecular weight is 417 g/mol. The molecule has 4 nitrogen and oxygen atoms in total. The van der Waals surface area contributed by atoms with Crippen molar-refractivity contribution in [2.45, 2.75) is 56.2 Å². The van der Waals surface area contributed by atoms with Gasteiger partial charge in [0.05, 0.1) is 0 Å². The highest BCUT2D eigenvalue weighted by atomic mass is 16.3. The van der Waals surface area contributed by atoms with Gasteiger partial charge in [0, 0.05) is 31.1 Å². The van der Waals surface area contributed by atoms with Crippen LogP contribution >= 0.6 is 0 Å². The lowest BCUT2D eigenvalue weighted by atomic mass is 9.79. The van der Waals surface area contributed by atoms with E-state index in [1.807, 2.05) is 30.3 Å². The van der Waals surface area contributed by atoms with Gasteiger partial charge in [-0.05, 0) is 54.2 Å². The molecule has 3 unspecified atom stereocenters. The van der Waals surface area contributed by atoms with Crippen molar-refractivity contribution >= 4 is 5.91 Å². The van der Waals surface area contributed by atoms with Gasteiger partial charge in [0.25, 0.3) is 5.91 Å². The van der Waals surface area contributed by atoms with Crippen molar-refractivity contribution in [3.8, 4) is 0 Å². The Morgan fingerprint density at radius 2 is 1.61 bits per heavy atom. The number of fused-ring (bicyclic) bond motifs is 2. The molecule has 0 bridgehead atoms. The van der Waals surface area contributed by atoms with E-state index in [0.717, 1.165) is 44.3 Å². The molecule has 3 aliphatic carbocycles. The summed E-state index contributed by atoms with van der Waals surface area (Å²) in [5, 5.41) is 15.0. The number of rotatable bonds is 5. The number of hydrogen-bond donors (Lipinski definition) is 2. The number of piperidine rings is 1. The zero-order valence-electron chi connectivity index (χ0n) is 18.0. The van der Waals surface area contributed by atoms with Gasteiger partial charge < -0.3 is 10.4 Å². The Labute approximate surface area is 184 Å². The van der Waals surface area contributed by atoms with E-state index in [2.05, 4.69) is 34.5 Å². The first-order valence-corrected chi connectivity index (χ1v) is 12.1. The molecule has 0 radical (unpaired) electrons. The van der Waals surface area contributed by atoms with Crippen molar-refractivity contribution in [2.24, 2.45) is 17.8 Å². The van der Waals surface area contributed by atoms with E-state index in [9.17, 15) is 9.90 Å². The third-order valence-electron chi connectivity index (χ3n) is 8.57. The maximum Gasteiger partial charge on any atom is 0.257 e. The summed E-state index contributed by atoms with van der Waals surface area (Å²) in [5.41, 5.74) is 2.35. The molecular weight excluding hydrogens is 384 g/mol. The zero-order chi connectivity index (χ0) is 21.0. The largest absolute Gasteiger partial charge is 0.375 e. The summed E-state index contributed by atoms with van der Waals surface area (Å²) in [6.07, 6.45) is 6.43. The maximum atomic E-state index is 13.5. The highest BCUT2D eigenvalue weighted by Gasteiger charge is 2.59. The quantitative estimate of drug-likeness (QED) is 0.780. The van der Waals surface area contributed by atoms with Crippen molar-refractivity contribution in [3.63, 3.8) is 0 Å². The zero-order valence-corrected chi connectivity index (χ0v) is 18.0. The standard InChI is InChI=1S/C27H32N2O2/c30-26(27(31,20-11-5-6-12-20)19-9-2-1-3-10-19)28-25-22-16-29(17-23(22)25)24-15-14-18-8-4-7-13-21(18)24/h1-4,7-10,13,20,22-25,31H,5-6,11-12,14-17H2,(H,28,30)/t22-,23+,24?,25?,27?. The Kier molecular flexibility index (Phi) is 4.69. The van der Waals surface area contributed by atoms with Crippen LogP contribution < -0.4 is 5.32 Å². The van der Waals surface area contributed by atoms with E-state index in [1.54, 1.807) is 0 Å². The molecule has 3 fully saturated rings. The van der Waals surface area contributed by atoms with Crippen molar-refractivity contribution in [3.05, 3.63) is 71.3 Å². The van der Waals surface area contributed by atoms with Crippen LogP contribution in [0.1, 0.15) is 54.8 Å². The molecule has 2 aromatic carbocycles. The molecular formula is C27H32N2O2. The highest BCUT2D eigenvalue weighted by Crippen LogP contribution is 2.51. The normalized spacial score (nSPS) is 31.8.